The van der Waals surface area contributed by atoms with Crippen molar-refractivity contribution in [1.82, 2.24) is 9.78 Å². The molecular weight excluding hydrogens is 265 g/mol. The molecule has 0 aliphatic rings. The molecule has 0 aliphatic heterocycles. The van der Waals surface area contributed by atoms with Crippen LogP contribution in [0, 0.1) is 11.8 Å². The number of aromatic nitrogens is 2. The normalized spacial score (nSPS) is 9.79. The Morgan fingerprint density at radius 2 is 2.16 bits per heavy atom. The average molecular weight is 278 g/mol. The topological polar surface area (TPSA) is 29.9 Å². The summed E-state index contributed by atoms with van der Waals surface area (Å²) in [7, 11) is 0. The largest absolute Gasteiger partial charge is 0.358 e. The van der Waals surface area contributed by atoms with Gasteiger partial charge in [0, 0.05) is 17.8 Å². The molecule has 1 N–H and O–H groups in total. The Hall–Kier alpha value is -1.99. The molecule has 0 amide bonds. The van der Waals surface area contributed by atoms with Gasteiger partial charge in [-0.15, -0.1) is 0 Å². The number of anilines is 1. The van der Waals surface area contributed by atoms with E-state index >= 15 is 0 Å². The van der Waals surface area contributed by atoms with Crippen molar-refractivity contribution in [1.29, 1.82) is 0 Å². The average Bonchev–Trinajstić information content (AvgIpc) is 2.85. The number of hydrogen-bond donors (Lipinski definition) is 1. The number of aryl methyl sites for hydroxylation is 1. The molecule has 1 heterocycles. The minimum absolute atomic E-state index is 0.271. The van der Waals surface area contributed by atoms with Gasteiger partial charge in [-0.2, -0.15) is 5.10 Å². The van der Waals surface area contributed by atoms with Crippen LogP contribution in [-0.2, 0) is 6.54 Å². The molecule has 2 aromatic rings. The number of halogens is 2. The Labute approximate surface area is 116 Å². The van der Waals surface area contributed by atoms with E-state index in [0.717, 1.165) is 5.56 Å². The maximum Gasteiger partial charge on any atom is 0.148 e. The highest BCUT2D eigenvalue weighted by Gasteiger charge is 1.96. The van der Waals surface area contributed by atoms with Crippen molar-refractivity contribution < 1.29 is 4.39 Å². The lowest BCUT2D eigenvalue weighted by Crippen LogP contribution is -2.03. The summed E-state index contributed by atoms with van der Waals surface area (Å²) in [5.41, 5.74) is 0.800. The zero-order valence-corrected chi connectivity index (χ0v) is 11.0. The van der Waals surface area contributed by atoms with Crippen molar-refractivity contribution in [2.75, 3.05) is 18.5 Å². The highest BCUT2D eigenvalue weighted by atomic mass is 35.5. The summed E-state index contributed by atoms with van der Waals surface area (Å²) in [5.74, 6) is 6.62. The lowest BCUT2D eigenvalue weighted by Gasteiger charge is -1.97. The summed E-state index contributed by atoms with van der Waals surface area (Å²) in [6.45, 7) is 0.304. The number of benzene rings is 1. The number of nitrogens with one attached hydrogen (secondary N) is 1. The van der Waals surface area contributed by atoms with Crippen LogP contribution in [0.15, 0.2) is 36.5 Å². The van der Waals surface area contributed by atoms with Crippen molar-refractivity contribution in [2.45, 2.75) is 6.54 Å². The number of hydrogen-bond acceptors (Lipinski definition) is 2. The van der Waals surface area contributed by atoms with E-state index in [0.29, 0.717) is 17.4 Å². The second-order valence-electron chi connectivity index (χ2n) is 3.79. The van der Waals surface area contributed by atoms with E-state index in [4.69, 9.17) is 11.6 Å². The van der Waals surface area contributed by atoms with E-state index in [1.165, 1.54) is 0 Å². The van der Waals surface area contributed by atoms with Crippen LogP contribution in [0.2, 0.25) is 5.02 Å². The van der Waals surface area contributed by atoms with Gasteiger partial charge in [-0.1, -0.05) is 35.6 Å². The molecule has 0 fully saturated rings. The molecule has 98 valence electrons. The highest BCUT2D eigenvalue weighted by molar-refractivity contribution is 6.31. The summed E-state index contributed by atoms with van der Waals surface area (Å²) >= 11 is 5.98. The predicted molar refractivity (Wildman–Crippen MR) is 75.0 cm³/mol. The van der Waals surface area contributed by atoms with Gasteiger partial charge in [-0.05, 0) is 12.1 Å². The SMILES string of the molecule is FCCn1ccc(NCC#Cc2ccccc2Cl)n1. The van der Waals surface area contributed by atoms with Gasteiger partial charge in [0.2, 0.25) is 0 Å². The fourth-order valence-corrected chi connectivity index (χ4v) is 1.69. The first kappa shape index (κ1) is 13.4. The van der Waals surface area contributed by atoms with Gasteiger partial charge in [0.25, 0.3) is 0 Å². The summed E-state index contributed by atoms with van der Waals surface area (Å²) < 4.78 is 13.6. The van der Waals surface area contributed by atoms with Gasteiger partial charge >= 0.3 is 0 Å². The molecule has 0 saturated carbocycles. The molecule has 0 unspecified atom stereocenters. The molecule has 3 nitrogen and oxygen atoms in total. The van der Waals surface area contributed by atoms with Crippen LogP contribution in [-0.4, -0.2) is 23.0 Å². The first-order valence-electron chi connectivity index (χ1n) is 5.86. The third-order valence-corrected chi connectivity index (χ3v) is 2.74. The molecule has 2 rings (SSSR count). The van der Waals surface area contributed by atoms with E-state index in [-0.39, 0.29) is 6.54 Å². The molecule has 0 spiro atoms. The zero-order chi connectivity index (χ0) is 13.5. The monoisotopic (exact) mass is 277 g/mol. The molecule has 1 aromatic heterocycles. The number of nitrogens with zero attached hydrogens (tertiary/aromatic N) is 2. The van der Waals surface area contributed by atoms with Crippen molar-refractivity contribution in [3.63, 3.8) is 0 Å². The summed E-state index contributed by atoms with van der Waals surface area (Å²) in [6.07, 6.45) is 1.73. The first-order valence-corrected chi connectivity index (χ1v) is 6.24. The second-order valence-corrected chi connectivity index (χ2v) is 4.20. The number of alkyl halides is 1. The molecule has 0 saturated heterocycles. The Bertz CT molecular complexity index is 598. The Morgan fingerprint density at radius 3 is 2.95 bits per heavy atom. The van der Waals surface area contributed by atoms with Crippen LogP contribution in [0.1, 0.15) is 5.56 Å². The minimum atomic E-state index is -0.423. The first-order chi connectivity index (χ1) is 9.29. The van der Waals surface area contributed by atoms with E-state index in [9.17, 15) is 4.39 Å². The van der Waals surface area contributed by atoms with Crippen LogP contribution in [0.25, 0.3) is 0 Å². The van der Waals surface area contributed by atoms with Gasteiger partial charge in [0.05, 0.1) is 18.1 Å². The smallest absolute Gasteiger partial charge is 0.148 e. The van der Waals surface area contributed by atoms with E-state index in [1.807, 2.05) is 18.2 Å². The quantitative estimate of drug-likeness (QED) is 0.871. The van der Waals surface area contributed by atoms with E-state index in [2.05, 4.69) is 22.3 Å². The minimum Gasteiger partial charge on any atom is -0.358 e. The Balaban J connectivity index is 1.88. The van der Waals surface area contributed by atoms with Gasteiger partial charge < -0.3 is 5.32 Å². The third kappa shape index (κ3) is 4.01. The molecule has 0 bridgehead atoms. The van der Waals surface area contributed by atoms with Crippen LogP contribution < -0.4 is 5.32 Å². The third-order valence-electron chi connectivity index (χ3n) is 2.41. The zero-order valence-electron chi connectivity index (χ0n) is 10.2. The lowest BCUT2D eigenvalue weighted by molar-refractivity contribution is 0.427. The summed E-state index contributed by atoms with van der Waals surface area (Å²) in [5, 5.41) is 7.82. The van der Waals surface area contributed by atoms with Crippen LogP contribution in [0.5, 0.6) is 0 Å². The molecule has 0 radical (unpaired) electrons. The standard InChI is InChI=1S/C14H13ClFN3/c15-13-6-2-1-4-12(13)5-3-9-17-14-7-10-19(18-14)11-8-16/h1-2,4,6-7,10H,8-9,11H2,(H,17,18). The number of rotatable bonds is 4. The van der Waals surface area contributed by atoms with Crippen molar-refractivity contribution in [3.8, 4) is 11.8 Å². The summed E-state index contributed by atoms with van der Waals surface area (Å²) in [4.78, 5) is 0. The molecule has 0 aliphatic carbocycles. The van der Waals surface area contributed by atoms with Gasteiger partial charge in [-0.25, -0.2) is 4.39 Å². The maximum atomic E-state index is 12.1. The van der Waals surface area contributed by atoms with Crippen LogP contribution in [0.4, 0.5) is 10.2 Å². The van der Waals surface area contributed by atoms with Crippen molar-refractivity contribution in [2.24, 2.45) is 0 Å². The fourth-order valence-electron chi connectivity index (χ4n) is 1.50. The van der Waals surface area contributed by atoms with Crippen molar-refractivity contribution >= 4 is 17.4 Å². The predicted octanol–water partition coefficient (Wildman–Crippen LogP) is 2.97. The summed E-state index contributed by atoms with van der Waals surface area (Å²) in [6, 6.07) is 9.21. The Kier molecular flexibility index (Phi) is 4.82. The second kappa shape index (κ2) is 6.81. The molecular formula is C14H13ClFN3. The highest BCUT2D eigenvalue weighted by Crippen LogP contribution is 2.12. The lowest BCUT2D eigenvalue weighted by atomic mass is 10.2. The van der Waals surface area contributed by atoms with Gasteiger partial charge in [0.15, 0.2) is 0 Å². The molecule has 5 heteroatoms. The molecule has 19 heavy (non-hydrogen) atoms. The van der Waals surface area contributed by atoms with Gasteiger partial charge in [-0.3, -0.25) is 4.68 Å². The van der Waals surface area contributed by atoms with Crippen LogP contribution >= 0.6 is 11.6 Å². The van der Waals surface area contributed by atoms with Crippen LogP contribution in [0.3, 0.4) is 0 Å². The van der Waals surface area contributed by atoms with Gasteiger partial charge in [0.1, 0.15) is 12.5 Å². The molecule has 0 atom stereocenters. The molecule has 1 aromatic carbocycles. The maximum absolute atomic E-state index is 12.1. The fraction of sp³-hybridized carbons (Fsp3) is 0.214. The van der Waals surface area contributed by atoms with Crippen molar-refractivity contribution in [3.05, 3.63) is 47.1 Å². The Morgan fingerprint density at radius 1 is 1.32 bits per heavy atom. The van der Waals surface area contributed by atoms with E-state index in [1.54, 1.807) is 23.0 Å². The van der Waals surface area contributed by atoms with E-state index < -0.39 is 6.67 Å².